The van der Waals surface area contributed by atoms with Crippen LogP contribution < -0.4 is 0 Å². The van der Waals surface area contributed by atoms with Gasteiger partial charge in [0.15, 0.2) is 0 Å². The summed E-state index contributed by atoms with van der Waals surface area (Å²) in [6.07, 6.45) is 58.8. The van der Waals surface area contributed by atoms with Crippen LogP contribution >= 0.6 is 0 Å². The van der Waals surface area contributed by atoms with Gasteiger partial charge in [-0.2, -0.15) is 0 Å². The molecule has 0 aromatic heterocycles. The zero-order chi connectivity index (χ0) is 43.8. The average Bonchev–Trinajstić information content (AvgIpc) is 3.15. The molecule has 1 nitrogen and oxygen atoms in total. The third kappa shape index (κ3) is 50.7. The molecule has 0 amide bonds. The third-order valence-corrected chi connectivity index (χ3v) is 17.5. The van der Waals surface area contributed by atoms with Gasteiger partial charge in [-0.1, -0.05) is 313 Å². The Balaban J connectivity index is 4.14. The predicted molar refractivity (Wildman–Crippen MR) is 273 cm³/mol. The normalized spacial score (nSPS) is 12.9. The second-order valence-corrected chi connectivity index (χ2v) is 28.0. The van der Waals surface area contributed by atoms with Crippen LogP contribution in [0.5, 0.6) is 0 Å². The van der Waals surface area contributed by atoms with Crippen molar-refractivity contribution < 1.29 is 4.80 Å². The molecule has 0 aliphatic rings. The molecule has 0 fully saturated rings. The lowest BCUT2D eigenvalue weighted by Crippen LogP contribution is -2.32. The van der Waals surface area contributed by atoms with Crippen molar-refractivity contribution in [2.75, 3.05) is 0 Å². The lowest BCUT2D eigenvalue weighted by Gasteiger charge is -2.23. The van der Waals surface area contributed by atoms with Gasteiger partial charge < -0.3 is 0 Å². The minimum atomic E-state index is -2.34. The van der Waals surface area contributed by atoms with E-state index in [1.54, 1.807) is 0 Å². The van der Waals surface area contributed by atoms with Crippen molar-refractivity contribution in [2.45, 2.75) is 350 Å². The molecule has 0 aromatic rings. The van der Waals surface area contributed by atoms with Crippen molar-refractivity contribution >= 4 is 8.32 Å². The first kappa shape index (κ1) is 59.2. The molecule has 1 radical (unpaired) electrons. The summed E-state index contributed by atoms with van der Waals surface area (Å²) in [4.78, 5) is 14.3. The molecule has 0 aromatic carbocycles. The molecule has 59 heavy (non-hydrogen) atoms. The van der Waals surface area contributed by atoms with Crippen molar-refractivity contribution in [2.24, 2.45) is 16.2 Å². The molecule has 355 valence electrons. The van der Waals surface area contributed by atoms with Gasteiger partial charge in [-0.25, -0.2) is 0 Å². The molecule has 0 rings (SSSR count). The summed E-state index contributed by atoms with van der Waals surface area (Å²) >= 11 is 0. The SMILES string of the molecule is CC(C)(C)CCCCCCCCCCCCCCC[Si]([O])(CCCCCCCCCCCCCCCC(C)(C)C)CCCCCCCCCCCCCCCC(C)(C)C. The summed E-state index contributed by atoms with van der Waals surface area (Å²) in [5.41, 5.74) is 1.53. The largest absolute Gasteiger partial charge is 0.297 e. The summed E-state index contributed by atoms with van der Waals surface area (Å²) in [5.74, 6) is 0. The standard InChI is InChI=1S/C57H117OSi/c1-55(2,3)49-43-37-31-25-19-13-10-16-22-28-34-40-46-52-59(58,53-47-41-35-29-23-17-11-14-20-26-32-38-44-50-56(4,5)6)54-48-42-36-30-24-18-12-15-21-27-33-39-45-51-57(7,8)9/h10-54H2,1-9H3. The summed E-state index contributed by atoms with van der Waals surface area (Å²) in [7, 11) is -2.34. The average molecular weight is 847 g/mol. The Morgan fingerprint density at radius 3 is 0.458 bits per heavy atom. The van der Waals surface area contributed by atoms with E-state index >= 15 is 0 Å². The monoisotopic (exact) mass is 846 g/mol. The fourth-order valence-corrected chi connectivity index (χ4v) is 12.9. The van der Waals surface area contributed by atoms with Crippen LogP contribution in [-0.4, -0.2) is 8.32 Å². The Hall–Kier alpha value is 0.177. The number of unbranched alkanes of at least 4 members (excludes halogenated alkanes) is 36. The Morgan fingerprint density at radius 1 is 0.203 bits per heavy atom. The topological polar surface area (TPSA) is 19.9 Å². The van der Waals surface area contributed by atoms with Crippen LogP contribution in [0.15, 0.2) is 0 Å². The van der Waals surface area contributed by atoms with Gasteiger partial charge in [0, 0.05) is 0 Å². The zero-order valence-electron chi connectivity index (χ0n) is 43.2. The molecule has 2 heteroatoms. The first-order chi connectivity index (χ1) is 28.1. The Labute approximate surface area is 377 Å². The molecule has 0 N–H and O–H groups in total. The molecule has 0 spiro atoms. The second kappa shape index (κ2) is 39.7. The van der Waals surface area contributed by atoms with Gasteiger partial charge >= 0.3 is 0 Å². The van der Waals surface area contributed by atoms with Crippen LogP contribution in [-0.2, 0) is 4.80 Å². The highest BCUT2D eigenvalue weighted by Crippen LogP contribution is 2.29. The van der Waals surface area contributed by atoms with Gasteiger partial charge in [0.1, 0.15) is 0 Å². The summed E-state index contributed by atoms with van der Waals surface area (Å²) in [5, 5.41) is 0. The van der Waals surface area contributed by atoms with Crippen LogP contribution in [0.25, 0.3) is 0 Å². The van der Waals surface area contributed by atoms with E-state index in [1.807, 2.05) is 0 Å². The predicted octanol–water partition coefficient (Wildman–Crippen LogP) is 21.9. The highest BCUT2D eigenvalue weighted by atomic mass is 28.4. The van der Waals surface area contributed by atoms with E-state index in [9.17, 15) is 4.80 Å². The quantitative estimate of drug-likeness (QED) is 0.0430. The summed E-state index contributed by atoms with van der Waals surface area (Å²) in [6.45, 7) is 21.3. The van der Waals surface area contributed by atoms with Crippen molar-refractivity contribution in [3.8, 4) is 0 Å². The lowest BCUT2D eigenvalue weighted by molar-refractivity contribution is 0.356. The maximum Gasteiger partial charge on any atom is 0.237 e. The van der Waals surface area contributed by atoms with Crippen LogP contribution in [0.2, 0.25) is 18.1 Å². The number of hydrogen-bond donors (Lipinski definition) is 0. The van der Waals surface area contributed by atoms with Gasteiger partial charge in [-0.3, -0.25) is 4.80 Å². The Morgan fingerprint density at radius 2 is 0.322 bits per heavy atom. The van der Waals surface area contributed by atoms with Gasteiger partial charge in [0.05, 0.1) is 0 Å². The van der Waals surface area contributed by atoms with Crippen molar-refractivity contribution in [1.29, 1.82) is 0 Å². The molecule has 0 aliphatic carbocycles. The lowest BCUT2D eigenvalue weighted by atomic mass is 9.89. The molecule has 0 saturated carbocycles. The number of hydrogen-bond acceptors (Lipinski definition) is 0. The van der Waals surface area contributed by atoms with Gasteiger partial charge in [-0.05, 0) is 53.6 Å². The highest BCUT2D eigenvalue weighted by Gasteiger charge is 2.31. The van der Waals surface area contributed by atoms with E-state index in [4.69, 9.17) is 0 Å². The fraction of sp³-hybridized carbons (Fsp3) is 1.00. The van der Waals surface area contributed by atoms with Crippen LogP contribution in [0.1, 0.15) is 332 Å². The number of rotatable bonds is 45. The Bertz CT molecular complexity index is 720. The summed E-state index contributed by atoms with van der Waals surface area (Å²) < 4.78 is 0. The van der Waals surface area contributed by atoms with Crippen molar-refractivity contribution in [3.05, 3.63) is 0 Å². The van der Waals surface area contributed by atoms with Gasteiger partial charge in [-0.15, -0.1) is 0 Å². The first-order valence-corrected chi connectivity index (χ1v) is 30.4. The van der Waals surface area contributed by atoms with E-state index in [2.05, 4.69) is 62.3 Å². The molecule has 0 heterocycles. The van der Waals surface area contributed by atoms with Crippen molar-refractivity contribution in [3.63, 3.8) is 0 Å². The van der Waals surface area contributed by atoms with E-state index in [1.165, 1.54) is 270 Å². The van der Waals surface area contributed by atoms with Crippen LogP contribution in [0, 0.1) is 16.2 Å². The van der Waals surface area contributed by atoms with E-state index < -0.39 is 8.32 Å². The Kier molecular flexibility index (Phi) is 39.9. The van der Waals surface area contributed by atoms with E-state index in [-0.39, 0.29) is 0 Å². The van der Waals surface area contributed by atoms with E-state index in [0.29, 0.717) is 16.2 Å². The van der Waals surface area contributed by atoms with Gasteiger partial charge in [0.2, 0.25) is 8.32 Å². The minimum Gasteiger partial charge on any atom is -0.297 e. The fourth-order valence-electron chi connectivity index (χ4n) is 9.52. The van der Waals surface area contributed by atoms with Crippen LogP contribution in [0.4, 0.5) is 0 Å². The van der Waals surface area contributed by atoms with E-state index in [0.717, 1.165) is 18.1 Å². The zero-order valence-corrected chi connectivity index (χ0v) is 44.2. The highest BCUT2D eigenvalue weighted by molar-refractivity contribution is 6.72. The second-order valence-electron chi connectivity index (χ2n) is 24.2. The smallest absolute Gasteiger partial charge is 0.237 e. The molecule has 0 bridgehead atoms. The first-order valence-electron chi connectivity index (χ1n) is 27.8. The van der Waals surface area contributed by atoms with Crippen LogP contribution in [0.3, 0.4) is 0 Å². The maximum absolute atomic E-state index is 14.3. The molecule has 0 saturated heterocycles. The third-order valence-electron chi connectivity index (χ3n) is 13.7. The van der Waals surface area contributed by atoms with Gasteiger partial charge in [0.25, 0.3) is 0 Å². The maximum atomic E-state index is 14.3. The summed E-state index contributed by atoms with van der Waals surface area (Å²) in [6, 6.07) is 3.24. The molecule has 0 unspecified atom stereocenters. The molecular weight excluding hydrogens is 729 g/mol. The molecular formula is C57H117OSi. The van der Waals surface area contributed by atoms with Crippen molar-refractivity contribution in [1.82, 2.24) is 0 Å². The molecule has 0 aliphatic heterocycles. The molecule has 0 atom stereocenters. The minimum absolute atomic E-state index is 0.509.